The van der Waals surface area contributed by atoms with Gasteiger partial charge in [0.05, 0.1) is 13.2 Å². The summed E-state index contributed by atoms with van der Waals surface area (Å²) in [7, 11) is 0. The van der Waals surface area contributed by atoms with Crippen molar-refractivity contribution in [3.63, 3.8) is 0 Å². The zero-order chi connectivity index (χ0) is 22.1. The van der Waals surface area contributed by atoms with Crippen LogP contribution < -0.4 is 9.47 Å². The maximum Gasteiger partial charge on any atom is 0.204 e. The first-order valence-electron chi connectivity index (χ1n) is 12.9. The van der Waals surface area contributed by atoms with Gasteiger partial charge in [0, 0.05) is 0 Å². The molecule has 2 aliphatic carbocycles. The lowest BCUT2D eigenvalue weighted by Gasteiger charge is -2.38. The van der Waals surface area contributed by atoms with Gasteiger partial charge in [-0.15, -0.1) is 0 Å². The smallest absolute Gasteiger partial charge is 0.204 e. The van der Waals surface area contributed by atoms with Gasteiger partial charge >= 0.3 is 0 Å². The van der Waals surface area contributed by atoms with Gasteiger partial charge in [-0.25, -0.2) is 0 Å². The number of unbranched alkanes of at least 4 members (excludes halogenated alkanes) is 2. The van der Waals surface area contributed by atoms with Crippen molar-refractivity contribution in [3.05, 3.63) is 23.8 Å². The van der Waals surface area contributed by atoms with Crippen LogP contribution in [0.15, 0.2) is 12.1 Å². The predicted octanol–water partition coefficient (Wildman–Crippen LogP) is 8.33. The van der Waals surface area contributed by atoms with Crippen molar-refractivity contribution in [2.24, 2.45) is 23.7 Å². The van der Waals surface area contributed by atoms with Crippen molar-refractivity contribution in [1.29, 1.82) is 0 Å². The summed E-state index contributed by atoms with van der Waals surface area (Å²) in [4.78, 5) is 0. The molecule has 0 atom stereocenters. The van der Waals surface area contributed by atoms with Crippen LogP contribution in [0.4, 0.5) is 8.78 Å². The zero-order valence-corrected chi connectivity index (χ0v) is 19.6. The first-order chi connectivity index (χ1) is 15.1. The monoisotopic (exact) mass is 436 g/mol. The Morgan fingerprint density at radius 3 is 1.77 bits per heavy atom. The van der Waals surface area contributed by atoms with Crippen molar-refractivity contribution in [2.75, 3.05) is 13.2 Å². The lowest BCUT2D eigenvalue weighted by molar-refractivity contribution is 0.120. The van der Waals surface area contributed by atoms with E-state index in [2.05, 4.69) is 6.92 Å². The summed E-state index contributed by atoms with van der Waals surface area (Å²) in [6.45, 7) is 5.19. The van der Waals surface area contributed by atoms with Gasteiger partial charge in [0.15, 0.2) is 11.5 Å². The summed E-state index contributed by atoms with van der Waals surface area (Å²) in [5.74, 6) is 1.30. The van der Waals surface area contributed by atoms with Crippen LogP contribution in [-0.4, -0.2) is 13.2 Å². The molecule has 0 saturated heterocycles. The van der Waals surface area contributed by atoms with E-state index < -0.39 is 11.6 Å². The normalized spacial score (nSPS) is 26.6. The Hall–Kier alpha value is -1.32. The Kier molecular flexibility index (Phi) is 9.93. The highest BCUT2D eigenvalue weighted by atomic mass is 19.2. The SMILES string of the molecule is CCCCOc1ccc(OCC2CCC([C@H]3CC[C@H](CCCC)CC3)CC2)c(F)c1F. The van der Waals surface area contributed by atoms with Crippen LogP contribution in [0.3, 0.4) is 0 Å². The van der Waals surface area contributed by atoms with Crippen LogP contribution >= 0.6 is 0 Å². The molecule has 0 N–H and O–H groups in total. The molecular weight excluding hydrogens is 394 g/mol. The molecule has 0 aliphatic heterocycles. The second kappa shape index (κ2) is 12.6. The molecule has 0 bridgehead atoms. The highest BCUT2D eigenvalue weighted by Gasteiger charge is 2.31. The Morgan fingerprint density at radius 2 is 1.23 bits per heavy atom. The van der Waals surface area contributed by atoms with E-state index in [4.69, 9.17) is 9.47 Å². The molecule has 0 amide bonds. The van der Waals surface area contributed by atoms with E-state index in [-0.39, 0.29) is 11.5 Å². The topological polar surface area (TPSA) is 18.5 Å². The van der Waals surface area contributed by atoms with Gasteiger partial charge in [-0.1, -0.05) is 52.4 Å². The molecule has 2 nitrogen and oxygen atoms in total. The lowest BCUT2D eigenvalue weighted by atomic mass is 9.69. The van der Waals surface area contributed by atoms with E-state index in [0.717, 1.165) is 43.4 Å². The van der Waals surface area contributed by atoms with Crippen LogP contribution in [0, 0.1) is 35.3 Å². The van der Waals surface area contributed by atoms with Gasteiger partial charge in [0.25, 0.3) is 0 Å². The maximum atomic E-state index is 14.4. The van der Waals surface area contributed by atoms with Crippen LogP contribution in [0.2, 0.25) is 0 Å². The first-order valence-corrected chi connectivity index (χ1v) is 12.9. The van der Waals surface area contributed by atoms with Gasteiger partial charge in [-0.2, -0.15) is 8.78 Å². The molecule has 0 spiro atoms. The molecule has 0 aromatic heterocycles. The summed E-state index contributed by atoms with van der Waals surface area (Å²) in [5.41, 5.74) is 0. The predicted molar refractivity (Wildman–Crippen MR) is 123 cm³/mol. The third-order valence-corrected chi connectivity index (χ3v) is 7.66. The van der Waals surface area contributed by atoms with Crippen LogP contribution in [0.25, 0.3) is 0 Å². The van der Waals surface area contributed by atoms with Crippen LogP contribution in [0.1, 0.15) is 97.3 Å². The molecule has 31 heavy (non-hydrogen) atoms. The van der Waals surface area contributed by atoms with Crippen molar-refractivity contribution < 1.29 is 18.3 Å². The molecule has 0 heterocycles. The fraction of sp³-hybridized carbons (Fsp3) is 0.778. The van der Waals surface area contributed by atoms with Gasteiger partial charge < -0.3 is 9.47 Å². The number of rotatable bonds is 11. The molecule has 2 aliphatic rings. The molecule has 1 aromatic carbocycles. The van der Waals surface area contributed by atoms with Crippen LogP contribution in [-0.2, 0) is 0 Å². The fourth-order valence-electron chi connectivity index (χ4n) is 5.54. The molecule has 3 rings (SSSR count). The second-order valence-electron chi connectivity index (χ2n) is 9.91. The van der Waals surface area contributed by atoms with Crippen LogP contribution in [0.5, 0.6) is 11.5 Å². The third-order valence-electron chi connectivity index (χ3n) is 7.66. The quantitative estimate of drug-likeness (QED) is 0.325. The fourth-order valence-corrected chi connectivity index (χ4v) is 5.54. The second-order valence-corrected chi connectivity index (χ2v) is 9.91. The standard InChI is InChI=1S/C27H42F2O2/c1-3-5-7-20-8-12-22(13-9-20)23-14-10-21(11-15-23)19-31-25-17-16-24(26(28)27(25)29)30-18-6-4-2/h16-17,20-23H,3-15,18-19H2,1-2H3/t20-,21?,22-,23?. The number of halogens is 2. The van der Waals surface area contributed by atoms with E-state index in [1.807, 2.05) is 6.92 Å². The number of benzene rings is 1. The Bertz CT molecular complexity index is 647. The minimum absolute atomic E-state index is 0.00728. The summed E-state index contributed by atoms with van der Waals surface area (Å²) in [5, 5.41) is 0. The Labute approximate surface area is 188 Å². The highest BCUT2D eigenvalue weighted by Crippen LogP contribution is 2.42. The van der Waals surface area contributed by atoms with Gasteiger partial charge in [-0.05, 0) is 80.8 Å². The minimum Gasteiger partial charge on any atom is -0.490 e. The average molecular weight is 437 g/mol. The van der Waals surface area contributed by atoms with Gasteiger partial charge in [-0.3, -0.25) is 0 Å². The third kappa shape index (κ3) is 7.08. The first kappa shape index (κ1) is 24.3. The molecule has 1 aromatic rings. The maximum absolute atomic E-state index is 14.4. The lowest BCUT2D eigenvalue weighted by Crippen LogP contribution is -2.27. The Morgan fingerprint density at radius 1 is 0.710 bits per heavy atom. The van der Waals surface area contributed by atoms with Gasteiger partial charge in [0.1, 0.15) is 0 Å². The van der Waals surface area contributed by atoms with E-state index in [1.165, 1.54) is 69.9 Å². The van der Waals surface area contributed by atoms with Crippen molar-refractivity contribution >= 4 is 0 Å². The molecule has 4 heteroatoms. The van der Waals surface area contributed by atoms with Crippen molar-refractivity contribution in [2.45, 2.75) is 97.3 Å². The summed E-state index contributed by atoms with van der Waals surface area (Å²) < 4.78 is 39.6. The number of ether oxygens (including phenoxy) is 2. The largest absolute Gasteiger partial charge is 0.490 e. The minimum atomic E-state index is -0.938. The number of hydrogen-bond acceptors (Lipinski definition) is 2. The molecule has 0 radical (unpaired) electrons. The van der Waals surface area contributed by atoms with Crippen molar-refractivity contribution in [3.8, 4) is 11.5 Å². The number of hydrogen-bond donors (Lipinski definition) is 0. The Balaban J connectivity index is 1.39. The molecule has 176 valence electrons. The van der Waals surface area contributed by atoms with Crippen molar-refractivity contribution in [1.82, 2.24) is 0 Å². The van der Waals surface area contributed by atoms with Gasteiger partial charge in [0.2, 0.25) is 11.6 Å². The summed E-state index contributed by atoms with van der Waals surface area (Å²) >= 11 is 0. The van der Waals surface area contributed by atoms with E-state index in [1.54, 1.807) is 0 Å². The summed E-state index contributed by atoms with van der Waals surface area (Å²) in [6, 6.07) is 2.99. The average Bonchev–Trinajstić information content (AvgIpc) is 2.81. The molecular formula is C27H42F2O2. The molecule has 0 unspecified atom stereocenters. The molecule has 2 saturated carbocycles. The van der Waals surface area contributed by atoms with E-state index in [9.17, 15) is 8.78 Å². The molecule has 2 fully saturated rings. The summed E-state index contributed by atoms with van der Waals surface area (Å²) in [6.07, 6.45) is 16.4. The van der Waals surface area contributed by atoms with E-state index >= 15 is 0 Å². The van der Waals surface area contributed by atoms with E-state index in [0.29, 0.717) is 19.1 Å². The highest BCUT2D eigenvalue weighted by molar-refractivity contribution is 5.35. The zero-order valence-electron chi connectivity index (χ0n) is 19.6.